The lowest BCUT2D eigenvalue weighted by atomic mass is 10.0. The van der Waals surface area contributed by atoms with E-state index in [1.54, 1.807) is 18.2 Å². The van der Waals surface area contributed by atoms with Crippen molar-refractivity contribution in [3.05, 3.63) is 34.9 Å². The highest BCUT2D eigenvalue weighted by Gasteiger charge is 2.08. The van der Waals surface area contributed by atoms with Gasteiger partial charge in [-0.2, -0.15) is 0 Å². The van der Waals surface area contributed by atoms with Gasteiger partial charge in [-0.05, 0) is 37.6 Å². The van der Waals surface area contributed by atoms with Gasteiger partial charge < -0.3 is 15.7 Å². The van der Waals surface area contributed by atoms with Crippen LogP contribution in [0, 0.1) is 18.8 Å². The summed E-state index contributed by atoms with van der Waals surface area (Å²) in [5.41, 5.74) is 2.08. The molecule has 0 bridgehead atoms. The molecule has 0 radical (unpaired) electrons. The van der Waals surface area contributed by atoms with Crippen molar-refractivity contribution in [2.45, 2.75) is 13.8 Å². The molecule has 0 heterocycles. The lowest BCUT2D eigenvalue weighted by molar-refractivity contribution is -0.120. The van der Waals surface area contributed by atoms with Gasteiger partial charge in [0.05, 0.1) is 6.54 Å². The van der Waals surface area contributed by atoms with E-state index in [9.17, 15) is 9.59 Å². The largest absolute Gasteiger partial charge is 0.384 e. The van der Waals surface area contributed by atoms with Crippen LogP contribution in [0.1, 0.15) is 28.4 Å². The van der Waals surface area contributed by atoms with E-state index in [1.165, 1.54) is 0 Å². The van der Waals surface area contributed by atoms with Crippen molar-refractivity contribution in [2.24, 2.45) is 0 Å². The van der Waals surface area contributed by atoms with Crippen molar-refractivity contribution < 1.29 is 14.7 Å². The van der Waals surface area contributed by atoms with E-state index in [0.29, 0.717) is 12.1 Å². The van der Waals surface area contributed by atoms with Crippen molar-refractivity contribution in [3.63, 3.8) is 0 Å². The summed E-state index contributed by atoms with van der Waals surface area (Å²) in [6.45, 7) is 3.94. The van der Waals surface area contributed by atoms with Crippen LogP contribution >= 0.6 is 0 Å². The maximum absolute atomic E-state index is 11.9. The van der Waals surface area contributed by atoms with E-state index in [4.69, 9.17) is 5.11 Å². The average molecular weight is 274 g/mol. The fraction of sp³-hybridized carbons (Fsp3) is 0.333. The van der Waals surface area contributed by atoms with Gasteiger partial charge in [-0.15, -0.1) is 0 Å². The summed E-state index contributed by atoms with van der Waals surface area (Å²) in [7, 11) is 0. The summed E-state index contributed by atoms with van der Waals surface area (Å²) in [6, 6.07) is 5.06. The zero-order chi connectivity index (χ0) is 15.0. The van der Waals surface area contributed by atoms with Gasteiger partial charge in [-0.3, -0.25) is 9.59 Å². The van der Waals surface area contributed by atoms with E-state index in [2.05, 4.69) is 22.5 Å². The number of nitrogens with one attached hydrogen (secondary N) is 2. The van der Waals surface area contributed by atoms with Crippen LogP contribution in [0.4, 0.5) is 0 Å². The number of carbonyl (C=O) groups excluding carboxylic acids is 2. The Bertz CT molecular complexity index is 556. The van der Waals surface area contributed by atoms with Gasteiger partial charge in [0.1, 0.15) is 6.61 Å². The first-order valence-corrected chi connectivity index (χ1v) is 6.33. The molecule has 5 heteroatoms. The number of rotatable bonds is 4. The number of amides is 2. The van der Waals surface area contributed by atoms with Crippen molar-refractivity contribution in [3.8, 4) is 11.8 Å². The van der Waals surface area contributed by atoms with Crippen LogP contribution in [0.5, 0.6) is 0 Å². The first-order valence-electron chi connectivity index (χ1n) is 6.33. The van der Waals surface area contributed by atoms with Gasteiger partial charge in [0.2, 0.25) is 5.91 Å². The van der Waals surface area contributed by atoms with Gasteiger partial charge in [0, 0.05) is 17.7 Å². The summed E-state index contributed by atoms with van der Waals surface area (Å²) >= 11 is 0. The van der Waals surface area contributed by atoms with Crippen molar-refractivity contribution in [1.29, 1.82) is 0 Å². The fourth-order valence-corrected chi connectivity index (χ4v) is 1.60. The molecule has 0 aliphatic rings. The molecule has 1 rings (SSSR count). The van der Waals surface area contributed by atoms with Gasteiger partial charge in [0.15, 0.2) is 0 Å². The molecule has 0 aliphatic carbocycles. The third kappa shape index (κ3) is 4.75. The lowest BCUT2D eigenvalue weighted by Crippen LogP contribution is -2.36. The number of hydrogen-bond acceptors (Lipinski definition) is 3. The van der Waals surface area contributed by atoms with Crippen molar-refractivity contribution >= 4 is 11.8 Å². The van der Waals surface area contributed by atoms with Crippen LogP contribution in [-0.4, -0.2) is 36.6 Å². The Morgan fingerprint density at radius 2 is 2.05 bits per heavy atom. The van der Waals surface area contributed by atoms with Crippen LogP contribution < -0.4 is 10.6 Å². The summed E-state index contributed by atoms with van der Waals surface area (Å²) in [4.78, 5) is 23.1. The fourth-order valence-electron chi connectivity index (χ4n) is 1.60. The van der Waals surface area contributed by atoms with Gasteiger partial charge in [0.25, 0.3) is 5.91 Å². The molecule has 0 unspecified atom stereocenters. The summed E-state index contributed by atoms with van der Waals surface area (Å²) in [5, 5.41) is 13.8. The maximum atomic E-state index is 11.9. The standard InChI is InChI=1S/C15H18N2O3/c1-3-16-14(19)10-17-15(20)13-7-6-12(5-4-8-18)11(2)9-13/h6-7,9,18H,3,8,10H2,1-2H3,(H,16,19)(H,17,20). The molecule has 3 N–H and O–H groups in total. The zero-order valence-corrected chi connectivity index (χ0v) is 11.6. The second-order valence-electron chi connectivity index (χ2n) is 4.13. The lowest BCUT2D eigenvalue weighted by Gasteiger charge is -2.07. The molecule has 1 aromatic rings. The SMILES string of the molecule is CCNC(=O)CNC(=O)c1ccc(C#CCO)c(C)c1. The highest BCUT2D eigenvalue weighted by molar-refractivity contribution is 5.96. The molecule has 0 aromatic heterocycles. The van der Waals surface area contributed by atoms with Crippen LogP contribution in [-0.2, 0) is 4.79 Å². The number of likely N-dealkylation sites (N-methyl/N-ethyl adjacent to an activating group) is 1. The molecule has 0 atom stereocenters. The van der Waals surface area contributed by atoms with E-state index in [1.807, 2.05) is 13.8 Å². The molecular weight excluding hydrogens is 256 g/mol. The van der Waals surface area contributed by atoms with E-state index >= 15 is 0 Å². The molecule has 106 valence electrons. The second kappa shape index (κ2) is 7.97. The smallest absolute Gasteiger partial charge is 0.251 e. The minimum Gasteiger partial charge on any atom is -0.384 e. The van der Waals surface area contributed by atoms with Gasteiger partial charge >= 0.3 is 0 Å². The van der Waals surface area contributed by atoms with E-state index in [-0.39, 0.29) is 25.0 Å². The molecule has 0 fully saturated rings. The Labute approximate surface area is 118 Å². The van der Waals surface area contributed by atoms with Crippen molar-refractivity contribution in [1.82, 2.24) is 10.6 Å². The number of carbonyl (C=O) groups is 2. The van der Waals surface area contributed by atoms with Crippen molar-refractivity contribution in [2.75, 3.05) is 19.7 Å². The predicted octanol–water partition coefficient (Wildman–Crippen LogP) is 0.205. The summed E-state index contributed by atoms with van der Waals surface area (Å²) < 4.78 is 0. The molecule has 1 aromatic carbocycles. The number of hydrogen-bond donors (Lipinski definition) is 3. The van der Waals surface area contributed by atoms with Gasteiger partial charge in [-0.25, -0.2) is 0 Å². The second-order valence-corrected chi connectivity index (χ2v) is 4.13. The highest BCUT2D eigenvalue weighted by Crippen LogP contribution is 2.10. The third-order valence-corrected chi connectivity index (χ3v) is 2.57. The minimum atomic E-state index is -0.305. The average Bonchev–Trinajstić information content (AvgIpc) is 2.43. The highest BCUT2D eigenvalue weighted by atomic mass is 16.2. The van der Waals surface area contributed by atoms with Crippen LogP contribution in [0.3, 0.4) is 0 Å². The third-order valence-electron chi connectivity index (χ3n) is 2.57. The Hall–Kier alpha value is -2.32. The summed E-state index contributed by atoms with van der Waals surface area (Å²) in [5.74, 6) is 4.84. The van der Waals surface area contributed by atoms with Crippen LogP contribution in [0.2, 0.25) is 0 Å². The monoisotopic (exact) mass is 274 g/mol. The van der Waals surface area contributed by atoms with Crippen LogP contribution in [0.25, 0.3) is 0 Å². The minimum absolute atomic E-state index is 0.0439. The first-order chi connectivity index (χ1) is 9.58. The Morgan fingerprint density at radius 3 is 2.65 bits per heavy atom. The first kappa shape index (κ1) is 15.7. The molecule has 0 aliphatic heterocycles. The molecule has 0 saturated carbocycles. The molecule has 20 heavy (non-hydrogen) atoms. The maximum Gasteiger partial charge on any atom is 0.251 e. The normalized spacial score (nSPS) is 9.35. The number of aryl methyl sites for hydroxylation is 1. The van der Waals surface area contributed by atoms with E-state index in [0.717, 1.165) is 11.1 Å². The quantitative estimate of drug-likeness (QED) is 0.687. The molecule has 0 spiro atoms. The number of benzene rings is 1. The zero-order valence-electron chi connectivity index (χ0n) is 11.6. The Kier molecular flexibility index (Phi) is 6.27. The Morgan fingerprint density at radius 1 is 1.30 bits per heavy atom. The predicted molar refractivity (Wildman–Crippen MR) is 76.2 cm³/mol. The molecular formula is C15H18N2O3. The molecule has 2 amide bonds. The summed E-state index contributed by atoms with van der Waals surface area (Å²) in [6.07, 6.45) is 0. The van der Waals surface area contributed by atoms with Crippen LogP contribution in [0.15, 0.2) is 18.2 Å². The number of aliphatic hydroxyl groups excluding tert-OH is 1. The van der Waals surface area contributed by atoms with E-state index < -0.39 is 0 Å². The Balaban J connectivity index is 2.70. The molecule has 5 nitrogen and oxygen atoms in total. The molecule has 0 saturated heterocycles. The van der Waals surface area contributed by atoms with Gasteiger partial charge in [-0.1, -0.05) is 11.8 Å². The topological polar surface area (TPSA) is 78.4 Å². The number of aliphatic hydroxyl groups is 1.